The number of nitrogens with one attached hydrogen (secondary N) is 1. The predicted molar refractivity (Wildman–Crippen MR) is 94.5 cm³/mol. The number of hydrogen-bond donors (Lipinski definition) is 1. The molecule has 0 bridgehead atoms. The first-order valence-corrected chi connectivity index (χ1v) is 8.90. The summed E-state index contributed by atoms with van der Waals surface area (Å²) >= 11 is 0. The van der Waals surface area contributed by atoms with Crippen LogP contribution in [-0.4, -0.2) is 25.2 Å². The standard InChI is InChI=1S/C20H24FNO4/c1-13(2)19-14(9-10-24-19)11-22-20(23)18-8-7-17(26-18)12-25-16-5-3-15(21)4-6-16/h3-8,13-14,19H,9-12H2,1-2H3,(H,22,23)/t14-,19+/m0/s1. The SMILES string of the molecule is CC(C)[C@H]1OCC[C@H]1CNC(=O)c1ccc(COc2ccc(F)cc2)o1. The smallest absolute Gasteiger partial charge is 0.287 e. The van der Waals surface area contributed by atoms with E-state index in [-0.39, 0.29) is 30.2 Å². The normalized spacial score (nSPS) is 19.7. The lowest BCUT2D eigenvalue weighted by atomic mass is 9.93. The Hall–Kier alpha value is -2.34. The van der Waals surface area contributed by atoms with Gasteiger partial charge < -0.3 is 19.2 Å². The minimum atomic E-state index is -0.318. The van der Waals surface area contributed by atoms with Crippen LogP contribution in [0.3, 0.4) is 0 Å². The van der Waals surface area contributed by atoms with E-state index in [1.54, 1.807) is 24.3 Å². The van der Waals surface area contributed by atoms with Crippen LogP contribution < -0.4 is 10.1 Å². The third kappa shape index (κ3) is 4.64. The van der Waals surface area contributed by atoms with Crippen LogP contribution in [0, 0.1) is 17.7 Å². The number of carbonyl (C=O) groups is 1. The highest BCUT2D eigenvalue weighted by Gasteiger charge is 2.31. The van der Waals surface area contributed by atoms with Gasteiger partial charge in [0.1, 0.15) is 23.9 Å². The molecule has 0 saturated carbocycles. The fourth-order valence-corrected chi connectivity index (χ4v) is 3.18. The summed E-state index contributed by atoms with van der Waals surface area (Å²) in [5, 5.41) is 2.92. The van der Waals surface area contributed by atoms with E-state index in [1.807, 2.05) is 0 Å². The van der Waals surface area contributed by atoms with Crippen LogP contribution >= 0.6 is 0 Å². The zero-order valence-electron chi connectivity index (χ0n) is 15.0. The number of furan rings is 1. The maximum absolute atomic E-state index is 12.9. The summed E-state index contributed by atoms with van der Waals surface area (Å²) < 4.78 is 29.7. The highest BCUT2D eigenvalue weighted by molar-refractivity contribution is 5.91. The van der Waals surface area contributed by atoms with Gasteiger partial charge in [-0.1, -0.05) is 13.8 Å². The quantitative estimate of drug-likeness (QED) is 0.815. The van der Waals surface area contributed by atoms with Gasteiger partial charge in [0.25, 0.3) is 5.91 Å². The second-order valence-electron chi connectivity index (χ2n) is 6.85. The average Bonchev–Trinajstić information content (AvgIpc) is 3.28. The zero-order chi connectivity index (χ0) is 18.5. The molecular weight excluding hydrogens is 337 g/mol. The number of carbonyl (C=O) groups excluding carboxylic acids is 1. The van der Waals surface area contributed by atoms with Gasteiger partial charge in [-0.2, -0.15) is 0 Å². The van der Waals surface area contributed by atoms with Crippen molar-refractivity contribution in [3.05, 3.63) is 53.7 Å². The number of amides is 1. The second kappa shape index (κ2) is 8.36. The lowest BCUT2D eigenvalue weighted by Crippen LogP contribution is -2.34. The lowest BCUT2D eigenvalue weighted by molar-refractivity contribution is 0.0531. The number of ether oxygens (including phenoxy) is 2. The molecule has 0 radical (unpaired) electrons. The third-order valence-corrected chi connectivity index (χ3v) is 4.53. The van der Waals surface area contributed by atoms with Crippen LogP contribution in [-0.2, 0) is 11.3 Å². The second-order valence-corrected chi connectivity index (χ2v) is 6.85. The molecule has 1 saturated heterocycles. The monoisotopic (exact) mass is 361 g/mol. The van der Waals surface area contributed by atoms with E-state index < -0.39 is 0 Å². The number of hydrogen-bond acceptors (Lipinski definition) is 4. The fourth-order valence-electron chi connectivity index (χ4n) is 3.18. The molecule has 0 aliphatic carbocycles. The van der Waals surface area contributed by atoms with Crippen molar-refractivity contribution in [2.75, 3.05) is 13.2 Å². The molecule has 0 unspecified atom stereocenters. The van der Waals surface area contributed by atoms with Gasteiger partial charge in [0, 0.05) is 19.1 Å². The molecule has 1 aliphatic rings. The summed E-state index contributed by atoms with van der Waals surface area (Å²) in [4.78, 5) is 12.3. The summed E-state index contributed by atoms with van der Waals surface area (Å²) in [6.07, 6.45) is 1.14. The largest absolute Gasteiger partial charge is 0.486 e. The summed E-state index contributed by atoms with van der Waals surface area (Å²) in [6, 6.07) is 9.07. The Balaban J connectivity index is 1.49. The highest BCUT2D eigenvalue weighted by Crippen LogP contribution is 2.26. The molecule has 1 aromatic heterocycles. The maximum Gasteiger partial charge on any atom is 0.287 e. The van der Waals surface area contributed by atoms with Crippen molar-refractivity contribution < 1.29 is 23.1 Å². The van der Waals surface area contributed by atoms with Gasteiger partial charge in [0.2, 0.25) is 0 Å². The molecule has 1 aliphatic heterocycles. The first-order valence-electron chi connectivity index (χ1n) is 8.90. The maximum atomic E-state index is 12.9. The predicted octanol–water partition coefficient (Wildman–Crippen LogP) is 3.79. The summed E-state index contributed by atoms with van der Waals surface area (Å²) in [7, 11) is 0. The van der Waals surface area contributed by atoms with Crippen LogP contribution in [0.15, 0.2) is 40.8 Å². The molecule has 2 aromatic rings. The van der Waals surface area contributed by atoms with Crippen LogP contribution in [0.1, 0.15) is 36.6 Å². The molecule has 0 spiro atoms. The van der Waals surface area contributed by atoms with Crippen LogP contribution in [0.5, 0.6) is 5.75 Å². The average molecular weight is 361 g/mol. The number of halogens is 1. The van der Waals surface area contributed by atoms with Crippen molar-refractivity contribution in [2.45, 2.75) is 33.0 Å². The summed E-state index contributed by atoms with van der Waals surface area (Å²) in [5.74, 6) is 1.52. The molecule has 1 fully saturated rings. The first-order chi connectivity index (χ1) is 12.5. The van der Waals surface area contributed by atoms with Crippen molar-refractivity contribution in [1.29, 1.82) is 0 Å². The van der Waals surface area contributed by atoms with E-state index in [0.29, 0.717) is 29.9 Å². The Labute approximate surface area is 152 Å². The Kier molecular flexibility index (Phi) is 5.93. The molecular formula is C20H24FNO4. The molecule has 1 N–H and O–H groups in total. The van der Waals surface area contributed by atoms with E-state index in [2.05, 4.69) is 19.2 Å². The van der Waals surface area contributed by atoms with E-state index in [9.17, 15) is 9.18 Å². The van der Waals surface area contributed by atoms with Crippen molar-refractivity contribution in [3.63, 3.8) is 0 Å². The van der Waals surface area contributed by atoms with Crippen molar-refractivity contribution >= 4 is 5.91 Å². The molecule has 26 heavy (non-hydrogen) atoms. The minimum absolute atomic E-state index is 0.171. The van der Waals surface area contributed by atoms with Gasteiger partial charge in [-0.05, 0) is 48.7 Å². The Morgan fingerprint density at radius 2 is 2.04 bits per heavy atom. The fraction of sp³-hybridized carbons (Fsp3) is 0.450. The summed E-state index contributed by atoms with van der Waals surface area (Å²) in [5.41, 5.74) is 0. The zero-order valence-corrected chi connectivity index (χ0v) is 15.0. The highest BCUT2D eigenvalue weighted by atomic mass is 19.1. The van der Waals surface area contributed by atoms with Crippen molar-refractivity contribution in [1.82, 2.24) is 5.32 Å². The number of rotatable bonds is 7. The molecule has 6 heteroatoms. The Morgan fingerprint density at radius 3 is 2.77 bits per heavy atom. The van der Waals surface area contributed by atoms with E-state index in [0.717, 1.165) is 13.0 Å². The molecule has 1 amide bonds. The molecule has 140 valence electrons. The van der Waals surface area contributed by atoms with Crippen LogP contribution in [0.4, 0.5) is 4.39 Å². The van der Waals surface area contributed by atoms with Gasteiger partial charge in [0.15, 0.2) is 5.76 Å². The molecule has 3 rings (SSSR count). The Morgan fingerprint density at radius 1 is 1.27 bits per heavy atom. The van der Waals surface area contributed by atoms with Gasteiger partial charge in [0.05, 0.1) is 6.10 Å². The van der Waals surface area contributed by atoms with Crippen LogP contribution in [0.2, 0.25) is 0 Å². The van der Waals surface area contributed by atoms with Crippen molar-refractivity contribution in [3.8, 4) is 5.75 Å². The molecule has 2 atom stereocenters. The summed E-state index contributed by atoms with van der Waals surface area (Å²) in [6.45, 7) is 5.75. The van der Waals surface area contributed by atoms with E-state index in [4.69, 9.17) is 13.9 Å². The lowest BCUT2D eigenvalue weighted by Gasteiger charge is -2.21. The first kappa shape index (κ1) is 18.5. The van der Waals surface area contributed by atoms with Crippen LogP contribution in [0.25, 0.3) is 0 Å². The van der Waals surface area contributed by atoms with Gasteiger partial charge >= 0.3 is 0 Å². The van der Waals surface area contributed by atoms with Gasteiger partial charge in [-0.3, -0.25) is 4.79 Å². The van der Waals surface area contributed by atoms with Crippen molar-refractivity contribution in [2.24, 2.45) is 11.8 Å². The third-order valence-electron chi connectivity index (χ3n) is 4.53. The number of benzene rings is 1. The topological polar surface area (TPSA) is 60.7 Å². The molecule has 2 heterocycles. The van der Waals surface area contributed by atoms with Gasteiger partial charge in [-0.15, -0.1) is 0 Å². The van der Waals surface area contributed by atoms with E-state index >= 15 is 0 Å². The van der Waals surface area contributed by atoms with E-state index in [1.165, 1.54) is 12.1 Å². The van der Waals surface area contributed by atoms with Gasteiger partial charge in [-0.25, -0.2) is 4.39 Å². The molecule has 1 aromatic carbocycles. The molecule has 5 nitrogen and oxygen atoms in total. The minimum Gasteiger partial charge on any atom is -0.486 e. The Bertz CT molecular complexity index is 726.